The van der Waals surface area contributed by atoms with Gasteiger partial charge in [0.05, 0.1) is 30.6 Å². The van der Waals surface area contributed by atoms with E-state index in [9.17, 15) is 9.90 Å². The molecule has 0 radical (unpaired) electrons. The van der Waals surface area contributed by atoms with Crippen molar-refractivity contribution in [2.24, 2.45) is 0 Å². The number of carbonyl (C=O) groups is 1. The van der Waals surface area contributed by atoms with Gasteiger partial charge in [-0.25, -0.2) is 4.79 Å². The molecular formula is C19H29N3O3. The van der Waals surface area contributed by atoms with Crippen LogP contribution in [0.4, 0.5) is 4.79 Å². The van der Waals surface area contributed by atoms with Crippen LogP contribution in [0.5, 0.6) is 0 Å². The summed E-state index contributed by atoms with van der Waals surface area (Å²) in [7, 11) is 0. The number of fused-ring (bicyclic) bond motifs is 1. The molecule has 1 aromatic rings. The normalized spacial score (nSPS) is 18.4. The van der Waals surface area contributed by atoms with Crippen LogP contribution >= 0.6 is 0 Å². The molecule has 1 aliphatic rings. The van der Waals surface area contributed by atoms with Gasteiger partial charge < -0.3 is 14.7 Å². The van der Waals surface area contributed by atoms with Gasteiger partial charge in [-0.1, -0.05) is 12.2 Å². The Kier molecular flexibility index (Phi) is 5.72. The third-order valence-electron chi connectivity index (χ3n) is 4.16. The predicted molar refractivity (Wildman–Crippen MR) is 97.1 cm³/mol. The molecule has 0 aromatic carbocycles. The molecule has 0 fully saturated rings. The number of rotatable bonds is 5. The summed E-state index contributed by atoms with van der Waals surface area (Å²) in [5.41, 5.74) is 2.01. The molecule has 1 aliphatic heterocycles. The van der Waals surface area contributed by atoms with Crippen molar-refractivity contribution in [1.29, 1.82) is 0 Å². The van der Waals surface area contributed by atoms with Crippen molar-refractivity contribution in [3.05, 3.63) is 42.3 Å². The van der Waals surface area contributed by atoms with Crippen LogP contribution in [-0.2, 0) is 24.2 Å². The molecule has 138 valence electrons. The van der Waals surface area contributed by atoms with E-state index in [1.807, 2.05) is 27.7 Å². The lowest BCUT2D eigenvalue weighted by atomic mass is 9.97. The van der Waals surface area contributed by atoms with Crippen LogP contribution < -0.4 is 0 Å². The Labute approximate surface area is 149 Å². The van der Waals surface area contributed by atoms with Gasteiger partial charge in [-0.2, -0.15) is 5.10 Å². The smallest absolute Gasteiger partial charge is 0.410 e. The summed E-state index contributed by atoms with van der Waals surface area (Å²) in [6, 6.07) is -0.0150. The van der Waals surface area contributed by atoms with E-state index in [-0.39, 0.29) is 12.1 Å². The van der Waals surface area contributed by atoms with Crippen LogP contribution in [0.15, 0.2) is 25.3 Å². The van der Waals surface area contributed by atoms with E-state index in [2.05, 4.69) is 18.3 Å². The fraction of sp³-hybridized carbons (Fsp3) is 0.579. The van der Waals surface area contributed by atoms with Crippen molar-refractivity contribution < 1.29 is 14.6 Å². The molecule has 2 atom stereocenters. The minimum Gasteiger partial charge on any atom is -0.444 e. The highest BCUT2D eigenvalue weighted by Crippen LogP contribution is 2.31. The van der Waals surface area contributed by atoms with Gasteiger partial charge >= 0.3 is 6.09 Å². The van der Waals surface area contributed by atoms with Gasteiger partial charge in [0.2, 0.25) is 0 Å². The monoisotopic (exact) mass is 347 g/mol. The van der Waals surface area contributed by atoms with Crippen molar-refractivity contribution in [2.75, 3.05) is 0 Å². The number of amides is 1. The number of allylic oxidation sites excluding steroid dienone is 1. The van der Waals surface area contributed by atoms with Crippen molar-refractivity contribution in [2.45, 2.75) is 71.4 Å². The molecule has 0 saturated heterocycles. The van der Waals surface area contributed by atoms with E-state index in [1.165, 1.54) is 0 Å². The Hall–Kier alpha value is -2.08. The summed E-state index contributed by atoms with van der Waals surface area (Å²) in [4.78, 5) is 14.3. The predicted octanol–water partition coefficient (Wildman–Crippen LogP) is 3.36. The molecule has 0 bridgehead atoms. The van der Waals surface area contributed by atoms with Gasteiger partial charge in [0.15, 0.2) is 0 Å². The van der Waals surface area contributed by atoms with Gasteiger partial charge in [0, 0.05) is 18.0 Å². The van der Waals surface area contributed by atoms with E-state index < -0.39 is 11.7 Å². The zero-order valence-electron chi connectivity index (χ0n) is 15.7. The highest BCUT2D eigenvalue weighted by Gasteiger charge is 2.35. The van der Waals surface area contributed by atoms with E-state index in [1.54, 1.807) is 21.7 Å². The van der Waals surface area contributed by atoms with Crippen LogP contribution in [0.1, 0.15) is 57.2 Å². The number of ether oxygens (including phenoxy) is 1. The SMILES string of the molecule is C=CCC(O)c1c2c(nn1CC=C)C[C@@H](C)N(C(=O)OC(C)(C)C)C2. The Morgan fingerprint density at radius 2 is 2.12 bits per heavy atom. The minimum atomic E-state index is -0.706. The molecule has 25 heavy (non-hydrogen) atoms. The first-order valence-corrected chi connectivity index (χ1v) is 8.65. The average Bonchev–Trinajstić information content (AvgIpc) is 2.82. The maximum atomic E-state index is 12.6. The molecule has 0 aliphatic carbocycles. The van der Waals surface area contributed by atoms with Crippen LogP contribution in [0.25, 0.3) is 0 Å². The van der Waals surface area contributed by atoms with Crippen molar-refractivity contribution in [3.8, 4) is 0 Å². The van der Waals surface area contributed by atoms with Crippen LogP contribution in [-0.4, -0.2) is 37.5 Å². The number of carbonyl (C=O) groups excluding carboxylic acids is 1. The number of aliphatic hydroxyl groups is 1. The van der Waals surface area contributed by atoms with Gasteiger partial charge in [-0.3, -0.25) is 4.68 Å². The zero-order valence-corrected chi connectivity index (χ0v) is 15.7. The maximum Gasteiger partial charge on any atom is 0.410 e. The van der Waals surface area contributed by atoms with Crippen LogP contribution in [0.3, 0.4) is 0 Å². The second kappa shape index (κ2) is 7.44. The van der Waals surface area contributed by atoms with Gasteiger partial charge in [0.1, 0.15) is 5.60 Å². The summed E-state index contributed by atoms with van der Waals surface area (Å²) >= 11 is 0. The van der Waals surface area contributed by atoms with Gasteiger partial charge in [0.25, 0.3) is 0 Å². The Morgan fingerprint density at radius 1 is 1.44 bits per heavy atom. The van der Waals surface area contributed by atoms with Crippen LogP contribution in [0, 0.1) is 0 Å². The number of nitrogens with zero attached hydrogens (tertiary/aromatic N) is 3. The van der Waals surface area contributed by atoms with E-state index in [4.69, 9.17) is 4.74 Å². The largest absolute Gasteiger partial charge is 0.444 e. The standard InChI is InChI=1S/C19H29N3O3/c1-7-9-16(23)17-14-12-21(18(24)25-19(4,5)6)13(3)11-15(14)20-22(17)10-8-2/h7-8,13,16,23H,1-2,9-12H2,3-6H3/t13-,16?/m1/s1. The van der Waals surface area contributed by atoms with Gasteiger partial charge in [-0.05, 0) is 34.1 Å². The molecule has 1 amide bonds. The third kappa shape index (κ3) is 4.31. The lowest BCUT2D eigenvalue weighted by molar-refractivity contribution is 0.0134. The molecule has 1 aromatic heterocycles. The summed E-state index contributed by atoms with van der Waals surface area (Å²) in [6.07, 6.45) is 3.44. The summed E-state index contributed by atoms with van der Waals surface area (Å²) < 4.78 is 7.30. The summed E-state index contributed by atoms with van der Waals surface area (Å²) in [5.74, 6) is 0. The number of aromatic nitrogens is 2. The molecule has 6 heteroatoms. The van der Waals surface area contributed by atoms with E-state index in [0.29, 0.717) is 25.9 Å². The average molecular weight is 347 g/mol. The molecular weight excluding hydrogens is 318 g/mol. The number of hydrogen-bond acceptors (Lipinski definition) is 4. The lowest BCUT2D eigenvalue weighted by Gasteiger charge is -2.34. The Balaban J connectivity index is 2.37. The number of hydrogen-bond donors (Lipinski definition) is 1. The molecule has 0 spiro atoms. The van der Waals surface area contributed by atoms with Crippen molar-refractivity contribution in [3.63, 3.8) is 0 Å². The molecule has 1 N–H and O–H groups in total. The Bertz CT molecular complexity index is 658. The lowest BCUT2D eigenvalue weighted by Crippen LogP contribution is -2.45. The van der Waals surface area contributed by atoms with Crippen molar-refractivity contribution in [1.82, 2.24) is 14.7 Å². The quantitative estimate of drug-likeness (QED) is 0.829. The highest BCUT2D eigenvalue weighted by atomic mass is 16.6. The third-order valence-corrected chi connectivity index (χ3v) is 4.16. The zero-order chi connectivity index (χ0) is 18.8. The van der Waals surface area contributed by atoms with E-state index in [0.717, 1.165) is 17.0 Å². The first kappa shape index (κ1) is 19.2. The first-order valence-electron chi connectivity index (χ1n) is 8.65. The second-order valence-corrected chi connectivity index (χ2v) is 7.48. The fourth-order valence-corrected chi connectivity index (χ4v) is 3.09. The maximum absolute atomic E-state index is 12.6. The van der Waals surface area contributed by atoms with E-state index >= 15 is 0 Å². The topological polar surface area (TPSA) is 67.6 Å². The van der Waals surface area contributed by atoms with Gasteiger partial charge in [-0.15, -0.1) is 13.2 Å². The molecule has 2 heterocycles. The molecule has 2 rings (SSSR count). The molecule has 6 nitrogen and oxygen atoms in total. The fourth-order valence-electron chi connectivity index (χ4n) is 3.09. The highest BCUT2D eigenvalue weighted by molar-refractivity contribution is 5.69. The van der Waals surface area contributed by atoms with Crippen LogP contribution in [0.2, 0.25) is 0 Å². The molecule has 1 unspecified atom stereocenters. The minimum absolute atomic E-state index is 0.0150. The number of aliphatic hydroxyl groups excluding tert-OH is 1. The molecule has 0 saturated carbocycles. The summed E-state index contributed by atoms with van der Waals surface area (Å²) in [6.45, 7) is 15.9. The Morgan fingerprint density at radius 3 is 2.68 bits per heavy atom. The van der Waals surface area contributed by atoms with Crippen molar-refractivity contribution >= 4 is 6.09 Å². The first-order chi connectivity index (χ1) is 11.7. The summed E-state index contributed by atoms with van der Waals surface area (Å²) in [5, 5.41) is 15.2. The second-order valence-electron chi connectivity index (χ2n) is 7.48.